The zero-order chi connectivity index (χ0) is 22.6. The van der Waals surface area contributed by atoms with E-state index in [9.17, 15) is 29.8 Å². The molecule has 0 radical (unpaired) electrons. The molecule has 0 saturated heterocycles. The molecule has 0 bridgehead atoms. The summed E-state index contributed by atoms with van der Waals surface area (Å²) in [6.07, 6.45) is 1.29. The molecule has 1 aromatic carbocycles. The standard InChI is InChI=1S/C17H19N5O8/c1-17(2,3)30-16(24)29-15(23)12(18)6-10-8-20(9-19-10)13-5-4-11(21(25)26)7-14(13)22(27)28/h4-5,7-9,12H,6,18H2,1-3H3/t12-/m0/s1. The molecule has 30 heavy (non-hydrogen) atoms. The number of nitrogens with two attached hydrogens (primary N) is 1. The lowest BCUT2D eigenvalue weighted by molar-refractivity contribution is -0.394. The highest BCUT2D eigenvalue weighted by Crippen LogP contribution is 2.28. The van der Waals surface area contributed by atoms with Crippen molar-refractivity contribution in [3.05, 3.63) is 56.6 Å². The first-order valence-electron chi connectivity index (χ1n) is 8.53. The van der Waals surface area contributed by atoms with Crippen LogP contribution in [0.4, 0.5) is 16.2 Å². The number of hydrogen-bond acceptors (Lipinski definition) is 10. The number of ether oxygens (including phenoxy) is 2. The molecule has 0 fully saturated rings. The number of benzene rings is 1. The summed E-state index contributed by atoms with van der Waals surface area (Å²) in [4.78, 5) is 48.1. The molecule has 0 spiro atoms. The predicted octanol–water partition coefficient (Wildman–Crippen LogP) is 2.04. The molecule has 0 amide bonds. The monoisotopic (exact) mass is 421 g/mol. The lowest BCUT2D eigenvalue weighted by atomic mass is 10.2. The lowest BCUT2D eigenvalue weighted by Crippen LogP contribution is -2.37. The van der Waals surface area contributed by atoms with Gasteiger partial charge in [0.1, 0.15) is 17.3 Å². The summed E-state index contributed by atoms with van der Waals surface area (Å²) < 4.78 is 10.7. The Morgan fingerprint density at radius 2 is 1.90 bits per heavy atom. The number of non-ortho nitro benzene ring substituents is 1. The average Bonchev–Trinajstić information content (AvgIpc) is 3.07. The van der Waals surface area contributed by atoms with Gasteiger partial charge in [0.25, 0.3) is 11.4 Å². The van der Waals surface area contributed by atoms with Crippen LogP contribution in [0.3, 0.4) is 0 Å². The molecular weight excluding hydrogens is 402 g/mol. The summed E-state index contributed by atoms with van der Waals surface area (Å²) in [5.74, 6) is -1.03. The maximum Gasteiger partial charge on any atom is 0.516 e. The van der Waals surface area contributed by atoms with Gasteiger partial charge >= 0.3 is 12.1 Å². The summed E-state index contributed by atoms with van der Waals surface area (Å²) >= 11 is 0. The normalized spacial score (nSPS) is 12.1. The van der Waals surface area contributed by atoms with E-state index < -0.39 is 45.0 Å². The van der Waals surface area contributed by atoms with E-state index >= 15 is 0 Å². The minimum atomic E-state index is -1.24. The van der Waals surface area contributed by atoms with Crippen molar-refractivity contribution in [2.75, 3.05) is 0 Å². The first kappa shape index (κ1) is 22.4. The van der Waals surface area contributed by atoms with E-state index in [0.29, 0.717) is 0 Å². The van der Waals surface area contributed by atoms with Gasteiger partial charge in [0.2, 0.25) is 0 Å². The van der Waals surface area contributed by atoms with Crippen LogP contribution < -0.4 is 5.73 Å². The molecular formula is C17H19N5O8. The van der Waals surface area contributed by atoms with Crippen molar-refractivity contribution in [3.63, 3.8) is 0 Å². The van der Waals surface area contributed by atoms with Gasteiger partial charge in [-0.2, -0.15) is 0 Å². The van der Waals surface area contributed by atoms with Crippen molar-refractivity contribution in [1.82, 2.24) is 9.55 Å². The highest BCUT2D eigenvalue weighted by atomic mass is 16.7. The molecule has 0 aliphatic heterocycles. The van der Waals surface area contributed by atoms with Crippen LogP contribution in [-0.2, 0) is 20.7 Å². The average molecular weight is 421 g/mol. The third kappa shape index (κ3) is 5.81. The Balaban J connectivity index is 2.13. The Morgan fingerprint density at radius 1 is 1.23 bits per heavy atom. The Bertz CT molecular complexity index is 994. The maximum absolute atomic E-state index is 11.9. The van der Waals surface area contributed by atoms with Crippen LogP contribution >= 0.6 is 0 Å². The van der Waals surface area contributed by atoms with Crippen molar-refractivity contribution in [2.45, 2.75) is 38.8 Å². The van der Waals surface area contributed by atoms with Crippen LogP contribution in [0.5, 0.6) is 0 Å². The molecule has 0 aliphatic carbocycles. The fraction of sp³-hybridized carbons (Fsp3) is 0.353. The molecule has 1 aromatic heterocycles. The molecule has 0 unspecified atom stereocenters. The third-order valence-corrected chi connectivity index (χ3v) is 3.59. The Labute approximate surface area is 169 Å². The van der Waals surface area contributed by atoms with E-state index in [0.717, 1.165) is 12.1 Å². The van der Waals surface area contributed by atoms with Crippen LogP contribution in [0.25, 0.3) is 5.69 Å². The molecule has 13 heteroatoms. The summed E-state index contributed by atoms with van der Waals surface area (Å²) in [6.45, 7) is 4.80. The van der Waals surface area contributed by atoms with Gasteiger partial charge < -0.3 is 15.2 Å². The largest absolute Gasteiger partial charge is 0.516 e. The van der Waals surface area contributed by atoms with Gasteiger partial charge in [-0.05, 0) is 26.8 Å². The SMILES string of the molecule is CC(C)(C)OC(=O)OC(=O)[C@@H](N)Cc1cn(-c2ccc([N+](=O)[O-])cc2[N+](=O)[O-])cn1. The fourth-order valence-electron chi connectivity index (χ4n) is 2.33. The smallest absolute Gasteiger partial charge is 0.428 e. The van der Waals surface area contributed by atoms with E-state index in [1.165, 1.54) is 23.2 Å². The van der Waals surface area contributed by atoms with E-state index in [2.05, 4.69) is 9.72 Å². The van der Waals surface area contributed by atoms with Crippen molar-refractivity contribution >= 4 is 23.5 Å². The summed E-state index contributed by atoms with van der Waals surface area (Å²) in [5.41, 5.74) is 4.26. The van der Waals surface area contributed by atoms with E-state index in [1.807, 2.05) is 0 Å². The third-order valence-electron chi connectivity index (χ3n) is 3.59. The zero-order valence-corrected chi connectivity index (χ0v) is 16.3. The van der Waals surface area contributed by atoms with Gasteiger partial charge in [0, 0.05) is 18.7 Å². The second kappa shape index (κ2) is 8.65. The quantitative estimate of drug-likeness (QED) is 0.313. The van der Waals surface area contributed by atoms with Crippen molar-refractivity contribution < 1.29 is 28.9 Å². The van der Waals surface area contributed by atoms with Gasteiger partial charge in [-0.3, -0.25) is 24.8 Å². The molecule has 13 nitrogen and oxygen atoms in total. The topological polar surface area (TPSA) is 183 Å². The predicted molar refractivity (Wildman–Crippen MR) is 101 cm³/mol. The molecule has 1 heterocycles. The molecule has 0 saturated carbocycles. The van der Waals surface area contributed by atoms with E-state index in [1.54, 1.807) is 20.8 Å². The van der Waals surface area contributed by atoms with Crippen molar-refractivity contribution in [3.8, 4) is 5.69 Å². The highest BCUT2D eigenvalue weighted by Gasteiger charge is 2.25. The van der Waals surface area contributed by atoms with Crippen molar-refractivity contribution in [2.24, 2.45) is 5.73 Å². The molecule has 160 valence electrons. The number of imidazole rings is 1. The summed E-state index contributed by atoms with van der Waals surface area (Å²) in [7, 11) is 0. The summed E-state index contributed by atoms with van der Waals surface area (Å²) in [5, 5.41) is 22.1. The number of hydrogen-bond donors (Lipinski definition) is 1. The highest BCUT2D eigenvalue weighted by molar-refractivity contribution is 5.85. The number of carbonyl (C=O) groups is 2. The minimum absolute atomic E-state index is 0.0363. The zero-order valence-electron chi connectivity index (χ0n) is 16.3. The van der Waals surface area contributed by atoms with Crippen molar-refractivity contribution in [1.29, 1.82) is 0 Å². The Kier molecular flexibility index (Phi) is 6.46. The molecule has 2 aromatic rings. The van der Waals surface area contributed by atoms with Crippen LogP contribution in [0.1, 0.15) is 26.5 Å². The van der Waals surface area contributed by atoms with Gasteiger partial charge in [0.15, 0.2) is 0 Å². The van der Waals surface area contributed by atoms with Crippen LogP contribution in [0, 0.1) is 20.2 Å². The number of nitrogens with zero attached hydrogens (tertiary/aromatic N) is 4. The van der Waals surface area contributed by atoms with Gasteiger partial charge in [-0.1, -0.05) is 0 Å². The number of aromatic nitrogens is 2. The number of esters is 1. The van der Waals surface area contributed by atoms with Gasteiger partial charge in [-0.15, -0.1) is 0 Å². The number of rotatable bonds is 6. The number of nitro benzene ring substituents is 2. The van der Waals surface area contributed by atoms with Gasteiger partial charge in [0.05, 0.1) is 27.9 Å². The van der Waals surface area contributed by atoms with E-state index in [4.69, 9.17) is 10.5 Å². The number of nitro groups is 2. The molecule has 2 N–H and O–H groups in total. The molecule has 0 aliphatic rings. The Hall–Kier alpha value is -3.87. The second-order valence-electron chi connectivity index (χ2n) is 7.16. The first-order chi connectivity index (χ1) is 13.9. The van der Waals surface area contributed by atoms with Crippen LogP contribution in [0.2, 0.25) is 0 Å². The Morgan fingerprint density at radius 3 is 2.47 bits per heavy atom. The molecule has 1 atom stereocenters. The number of carbonyl (C=O) groups excluding carboxylic acids is 2. The second-order valence-corrected chi connectivity index (χ2v) is 7.16. The van der Waals surface area contributed by atoms with Crippen LogP contribution in [-0.4, -0.2) is 43.2 Å². The fourth-order valence-corrected chi connectivity index (χ4v) is 2.33. The molecule has 2 rings (SSSR count). The maximum atomic E-state index is 11.9. The van der Waals surface area contributed by atoms with Gasteiger partial charge in [-0.25, -0.2) is 14.6 Å². The lowest BCUT2D eigenvalue weighted by Gasteiger charge is -2.18. The summed E-state index contributed by atoms with van der Waals surface area (Å²) in [6, 6.07) is 1.91. The van der Waals surface area contributed by atoms with Crippen LogP contribution in [0.15, 0.2) is 30.7 Å². The first-order valence-corrected chi connectivity index (χ1v) is 8.53. The van der Waals surface area contributed by atoms with E-state index in [-0.39, 0.29) is 17.8 Å². The minimum Gasteiger partial charge on any atom is -0.428 e.